The third-order valence-electron chi connectivity index (χ3n) is 2.25. The number of hydrogen-bond acceptors (Lipinski definition) is 3. The fourth-order valence-electron chi connectivity index (χ4n) is 1.43. The number of imidazole rings is 1. The summed E-state index contributed by atoms with van der Waals surface area (Å²) in [6, 6.07) is 1.98. The Morgan fingerprint density at radius 2 is 2.24 bits per heavy atom. The summed E-state index contributed by atoms with van der Waals surface area (Å²) in [5.74, 6) is 0.874. The molecule has 2 heterocycles. The van der Waals surface area contributed by atoms with Gasteiger partial charge in [-0.1, -0.05) is 0 Å². The monoisotopic (exact) mass is 358 g/mol. The van der Waals surface area contributed by atoms with E-state index in [4.69, 9.17) is 0 Å². The first kappa shape index (κ1) is 12.6. The fraction of sp³-hybridized carbons (Fsp3) is 0.273. The molecule has 6 heteroatoms. The van der Waals surface area contributed by atoms with E-state index in [1.54, 1.807) is 12.4 Å². The number of nitrogens with zero attached hydrogens (tertiary/aromatic N) is 3. The highest BCUT2D eigenvalue weighted by Crippen LogP contribution is 2.23. The molecule has 2 aromatic heterocycles. The molecule has 4 nitrogen and oxygen atoms in total. The molecule has 0 bridgehead atoms. The highest BCUT2D eigenvalue weighted by Gasteiger charge is 2.01. The number of hydrogen-bond donors (Lipinski definition) is 1. The van der Waals surface area contributed by atoms with E-state index >= 15 is 0 Å². The van der Waals surface area contributed by atoms with Gasteiger partial charge in [0.1, 0.15) is 5.82 Å². The van der Waals surface area contributed by atoms with Crippen molar-refractivity contribution in [3.05, 3.63) is 39.9 Å². The summed E-state index contributed by atoms with van der Waals surface area (Å²) >= 11 is 6.84. The van der Waals surface area contributed by atoms with Crippen LogP contribution in [0.4, 0.5) is 5.82 Å². The summed E-state index contributed by atoms with van der Waals surface area (Å²) in [7, 11) is 0. The van der Waals surface area contributed by atoms with Gasteiger partial charge in [0, 0.05) is 36.2 Å². The van der Waals surface area contributed by atoms with Crippen molar-refractivity contribution in [3.63, 3.8) is 0 Å². The average Bonchev–Trinajstić information content (AvgIpc) is 2.79. The second-order valence-electron chi connectivity index (χ2n) is 3.56. The summed E-state index contributed by atoms with van der Waals surface area (Å²) in [6.45, 7) is 1.84. The molecule has 2 rings (SSSR count). The molecule has 0 saturated heterocycles. The largest absolute Gasteiger partial charge is 0.369 e. The zero-order chi connectivity index (χ0) is 12.1. The van der Waals surface area contributed by atoms with E-state index in [0.717, 1.165) is 34.3 Å². The van der Waals surface area contributed by atoms with Crippen molar-refractivity contribution in [1.82, 2.24) is 14.5 Å². The van der Waals surface area contributed by atoms with Gasteiger partial charge in [-0.05, 0) is 44.3 Å². The third kappa shape index (κ3) is 3.81. The first-order chi connectivity index (χ1) is 8.25. The highest BCUT2D eigenvalue weighted by atomic mass is 79.9. The summed E-state index contributed by atoms with van der Waals surface area (Å²) in [5, 5.41) is 3.29. The van der Waals surface area contributed by atoms with E-state index in [2.05, 4.69) is 51.7 Å². The van der Waals surface area contributed by atoms with Crippen molar-refractivity contribution in [3.8, 4) is 0 Å². The molecule has 0 aliphatic carbocycles. The fourth-order valence-corrected chi connectivity index (χ4v) is 2.56. The van der Waals surface area contributed by atoms with Crippen LogP contribution in [0.25, 0.3) is 0 Å². The van der Waals surface area contributed by atoms with Gasteiger partial charge in [0.2, 0.25) is 0 Å². The van der Waals surface area contributed by atoms with Gasteiger partial charge in [0.15, 0.2) is 0 Å². The standard InChI is InChI=1S/C11H12Br2N4/c12-9-6-10(13)11(16-7-9)15-2-1-4-17-5-3-14-8-17/h3,5-8H,1-2,4H2,(H,15,16). The molecule has 0 saturated carbocycles. The summed E-state index contributed by atoms with van der Waals surface area (Å²) < 4.78 is 3.99. The maximum atomic E-state index is 4.29. The molecule has 0 aliphatic rings. The zero-order valence-corrected chi connectivity index (χ0v) is 12.3. The van der Waals surface area contributed by atoms with Gasteiger partial charge in [-0.15, -0.1) is 0 Å². The molecule has 0 aliphatic heterocycles. The van der Waals surface area contributed by atoms with Crippen molar-refractivity contribution in [1.29, 1.82) is 0 Å². The van der Waals surface area contributed by atoms with Crippen LogP contribution in [0.15, 0.2) is 39.9 Å². The molecule has 0 spiro atoms. The lowest BCUT2D eigenvalue weighted by molar-refractivity contribution is 0.660. The summed E-state index contributed by atoms with van der Waals surface area (Å²) in [5.41, 5.74) is 0. The second kappa shape index (κ2) is 6.16. The summed E-state index contributed by atoms with van der Waals surface area (Å²) in [6.07, 6.45) is 8.39. The number of rotatable bonds is 5. The smallest absolute Gasteiger partial charge is 0.140 e. The van der Waals surface area contributed by atoms with Crippen LogP contribution in [0, 0.1) is 0 Å². The molecule has 1 N–H and O–H groups in total. The van der Waals surface area contributed by atoms with Crippen LogP contribution in [0.1, 0.15) is 6.42 Å². The van der Waals surface area contributed by atoms with Crippen LogP contribution in [0.2, 0.25) is 0 Å². The van der Waals surface area contributed by atoms with E-state index in [1.807, 2.05) is 18.6 Å². The number of halogens is 2. The maximum absolute atomic E-state index is 4.29. The number of aryl methyl sites for hydroxylation is 1. The Hall–Kier alpha value is -0.880. The van der Waals surface area contributed by atoms with E-state index < -0.39 is 0 Å². The predicted molar refractivity (Wildman–Crippen MR) is 75.0 cm³/mol. The topological polar surface area (TPSA) is 42.7 Å². The van der Waals surface area contributed by atoms with Crippen LogP contribution in [0.5, 0.6) is 0 Å². The minimum Gasteiger partial charge on any atom is -0.369 e. The SMILES string of the molecule is Brc1cnc(NCCCn2ccnc2)c(Br)c1. The van der Waals surface area contributed by atoms with Gasteiger partial charge in [-0.2, -0.15) is 0 Å². The number of nitrogens with one attached hydrogen (secondary N) is 1. The minimum atomic E-state index is 0.874. The third-order valence-corrected chi connectivity index (χ3v) is 3.29. The van der Waals surface area contributed by atoms with Crippen LogP contribution < -0.4 is 5.32 Å². The lowest BCUT2D eigenvalue weighted by atomic mass is 10.4. The Balaban J connectivity index is 1.78. The van der Waals surface area contributed by atoms with Crippen LogP contribution in [0.3, 0.4) is 0 Å². The summed E-state index contributed by atoms with van der Waals surface area (Å²) in [4.78, 5) is 8.29. The lowest BCUT2D eigenvalue weighted by Gasteiger charge is -2.07. The minimum absolute atomic E-state index is 0.874. The molecule has 90 valence electrons. The van der Waals surface area contributed by atoms with E-state index in [-0.39, 0.29) is 0 Å². The molecule has 0 fully saturated rings. The lowest BCUT2D eigenvalue weighted by Crippen LogP contribution is -2.07. The molecular formula is C11H12Br2N4. The molecule has 0 unspecified atom stereocenters. The number of anilines is 1. The van der Waals surface area contributed by atoms with Crippen LogP contribution in [-0.4, -0.2) is 21.1 Å². The van der Waals surface area contributed by atoms with Crippen molar-refractivity contribution in [2.45, 2.75) is 13.0 Å². The quantitative estimate of drug-likeness (QED) is 0.833. The molecular weight excluding hydrogens is 348 g/mol. The van der Waals surface area contributed by atoms with Gasteiger partial charge in [0.05, 0.1) is 10.8 Å². The Bertz CT molecular complexity index is 470. The Kier molecular flexibility index (Phi) is 4.56. The molecule has 17 heavy (non-hydrogen) atoms. The van der Waals surface area contributed by atoms with E-state index in [0.29, 0.717) is 0 Å². The molecule has 0 radical (unpaired) electrons. The molecule has 0 amide bonds. The van der Waals surface area contributed by atoms with E-state index in [9.17, 15) is 0 Å². The van der Waals surface area contributed by atoms with Crippen molar-refractivity contribution in [2.24, 2.45) is 0 Å². The second-order valence-corrected chi connectivity index (χ2v) is 5.33. The number of aromatic nitrogens is 3. The Morgan fingerprint density at radius 1 is 1.35 bits per heavy atom. The molecule has 2 aromatic rings. The van der Waals surface area contributed by atoms with Crippen molar-refractivity contribution in [2.75, 3.05) is 11.9 Å². The van der Waals surface area contributed by atoms with Gasteiger partial charge < -0.3 is 9.88 Å². The predicted octanol–water partition coefficient (Wildman–Crippen LogP) is 3.31. The maximum Gasteiger partial charge on any atom is 0.140 e. The molecule has 0 atom stereocenters. The van der Waals surface area contributed by atoms with Gasteiger partial charge in [-0.3, -0.25) is 0 Å². The van der Waals surface area contributed by atoms with Gasteiger partial charge >= 0.3 is 0 Å². The van der Waals surface area contributed by atoms with Gasteiger partial charge in [-0.25, -0.2) is 9.97 Å². The molecule has 0 aromatic carbocycles. The Labute approximate surface area is 117 Å². The van der Waals surface area contributed by atoms with Gasteiger partial charge in [0.25, 0.3) is 0 Å². The Morgan fingerprint density at radius 3 is 2.94 bits per heavy atom. The number of pyridine rings is 1. The zero-order valence-electron chi connectivity index (χ0n) is 9.11. The van der Waals surface area contributed by atoms with Crippen LogP contribution in [-0.2, 0) is 6.54 Å². The van der Waals surface area contributed by atoms with Crippen LogP contribution >= 0.6 is 31.9 Å². The van der Waals surface area contributed by atoms with Crippen molar-refractivity contribution >= 4 is 37.7 Å². The van der Waals surface area contributed by atoms with E-state index in [1.165, 1.54) is 0 Å². The first-order valence-electron chi connectivity index (χ1n) is 5.26. The first-order valence-corrected chi connectivity index (χ1v) is 6.85. The average molecular weight is 360 g/mol. The normalized spacial score (nSPS) is 10.5. The van der Waals surface area contributed by atoms with Crippen molar-refractivity contribution < 1.29 is 0 Å². The highest BCUT2D eigenvalue weighted by molar-refractivity contribution is 9.11.